The minimum absolute atomic E-state index is 0.0538. The van der Waals surface area contributed by atoms with E-state index in [1.54, 1.807) is 0 Å². The summed E-state index contributed by atoms with van der Waals surface area (Å²) in [5.74, 6) is -2.49. The van der Waals surface area contributed by atoms with E-state index in [0.29, 0.717) is 13.0 Å². The van der Waals surface area contributed by atoms with Crippen molar-refractivity contribution < 1.29 is 18.2 Å². The molecule has 0 radical (unpaired) electrons. The van der Waals surface area contributed by atoms with Crippen molar-refractivity contribution in [3.8, 4) is 11.4 Å². The summed E-state index contributed by atoms with van der Waals surface area (Å²) in [6.07, 6.45) is 0.349. The van der Waals surface area contributed by atoms with Crippen LogP contribution in [0.5, 0.6) is 0 Å². The molecule has 21 heavy (non-hydrogen) atoms. The first-order chi connectivity index (χ1) is 9.93. The van der Waals surface area contributed by atoms with Gasteiger partial charge in [0, 0.05) is 12.5 Å². The quantitative estimate of drug-likeness (QED) is 0.668. The Morgan fingerprint density at radius 3 is 2.81 bits per heavy atom. The van der Waals surface area contributed by atoms with Gasteiger partial charge in [0.2, 0.25) is 17.5 Å². The summed E-state index contributed by atoms with van der Waals surface area (Å²) < 4.78 is 32.6. The van der Waals surface area contributed by atoms with E-state index in [1.807, 2.05) is 6.92 Å². The van der Waals surface area contributed by atoms with Gasteiger partial charge < -0.3 is 10.3 Å². The van der Waals surface area contributed by atoms with Crippen molar-refractivity contribution in [1.29, 1.82) is 0 Å². The van der Waals surface area contributed by atoms with E-state index in [1.165, 1.54) is 0 Å². The first-order valence-electron chi connectivity index (χ1n) is 6.09. The molecule has 0 fully saturated rings. The molecular formula is C12H12F2N4O3. The van der Waals surface area contributed by atoms with Gasteiger partial charge in [-0.3, -0.25) is 10.1 Å². The molecule has 0 amide bonds. The SMILES string of the molecule is CC(CN)Cc1nc(-c2c(F)ccc([N+](=O)[O-])c2F)no1. The monoisotopic (exact) mass is 298 g/mol. The summed E-state index contributed by atoms with van der Waals surface area (Å²) in [5, 5.41) is 14.1. The molecule has 0 aliphatic carbocycles. The molecule has 1 aromatic heterocycles. The number of halogens is 2. The zero-order valence-electron chi connectivity index (χ0n) is 11.0. The van der Waals surface area contributed by atoms with Gasteiger partial charge >= 0.3 is 5.69 Å². The maximum atomic E-state index is 14.0. The standard InChI is InChI=1S/C12H12F2N4O3/c1-6(5-15)4-9-16-12(17-21-9)10-7(13)2-3-8(11(10)14)18(19)20/h2-3,6H,4-5,15H2,1H3. The Morgan fingerprint density at radius 1 is 1.48 bits per heavy atom. The second kappa shape index (κ2) is 5.92. The molecule has 0 spiro atoms. The van der Waals surface area contributed by atoms with Gasteiger partial charge in [0.15, 0.2) is 0 Å². The highest BCUT2D eigenvalue weighted by Gasteiger charge is 2.26. The molecule has 1 heterocycles. The summed E-state index contributed by atoms with van der Waals surface area (Å²) in [7, 11) is 0. The van der Waals surface area contributed by atoms with Gasteiger partial charge in [-0.1, -0.05) is 12.1 Å². The fraction of sp³-hybridized carbons (Fsp3) is 0.333. The van der Waals surface area contributed by atoms with Gasteiger partial charge in [-0.25, -0.2) is 4.39 Å². The maximum Gasteiger partial charge on any atom is 0.305 e. The van der Waals surface area contributed by atoms with Crippen molar-refractivity contribution in [2.24, 2.45) is 11.7 Å². The second-order valence-electron chi connectivity index (χ2n) is 4.57. The zero-order chi connectivity index (χ0) is 15.6. The molecule has 0 saturated heterocycles. The molecule has 9 heteroatoms. The van der Waals surface area contributed by atoms with Crippen molar-refractivity contribution in [2.45, 2.75) is 13.3 Å². The lowest BCUT2D eigenvalue weighted by Gasteiger charge is -2.02. The number of rotatable bonds is 5. The van der Waals surface area contributed by atoms with E-state index in [-0.39, 0.29) is 17.6 Å². The van der Waals surface area contributed by atoms with Crippen LogP contribution in [-0.2, 0) is 6.42 Å². The lowest BCUT2D eigenvalue weighted by molar-refractivity contribution is -0.387. The van der Waals surface area contributed by atoms with Crippen molar-refractivity contribution in [2.75, 3.05) is 6.54 Å². The maximum absolute atomic E-state index is 14.0. The van der Waals surface area contributed by atoms with E-state index in [4.69, 9.17) is 10.3 Å². The Balaban J connectivity index is 2.42. The number of nitro groups is 1. The fourth-order valence-electron chi connectivity index (χ4n) is 1.71. The highest BCUT2D eigenvalue weighted by Crippen LogP contribution is 2.30. The van der Waals surface area contributed by atoms with E-state index in [9.17, 15) is 18.9 Å². The lowest BCUT2D eigenvalue weighted by atomic mass is 10.1. The van der Waals surface area contributed by atoms with E-state index in [0.717, 1.165) is 12.1 Å². The molecule has 0 bridgehead atoms. The average molecular weight is 298 g/mol. The third kappa shape index (κ3) is 3.02. The fourth-order valence-corrected chi connectivity index (χ4v) is 1.71. The molecule has 0 aliphatic heterocycles. The van der Waals surface area contributed by atoms with Gasteiger partial charge in [0.1, 0.15) is 11.4 Å². The van der Waals surface area contributed by atoms with Crippen LogP contribution < -0.4 is 5.73 Å². The zero-order valence-corrected chi connectivity index (χ0v) is 11.0. The minimum Gasteiger partial charge on any atom is -0.339 e. The predicted octanol–water partition coefficient (Wildman–Crippen LogP) is 2.06. The van der Waals surface area contributed by atoms with Crippen LogP contribution in [0.1, 0.15) is 12.8 Å². The number of nitrogens with zero attached hydrogens (tertiary/aromatic N) is 3. The molecule has 1 aromatic carbocycles. The van der Waals surface area contributed by atoms with Gasteiger partial charge in [0.25, 0.3) is 0 Å². The summed E-state index contributed by atoms with van der Waals surface area (Å²) in [6, 6.07) is 1.53. The molecular weight excluding hydrogens is 286 g/mol. The molecule has 0 saturated carbocycles. The number of aromatic nitrogens is 2. The number of hydrogen-bond acceptors (Lipinski definition) is 6. The average Bonchev–Trinajstić information content (AvgIpc) is 2.86. The second-order valence-corrected chi connectivity index (χ2v) is 4.57. The number of benzene rings is 1. The number of nitro benzene ring substituents is 1. The van der Waals surface area contributed by atoms with E-state index in [2.05, 4.69) is 10.1 Å². The first kappa shape index (κ1) is 15.0. The van der Waals surface area contributed by atoms with Crippen LogP contribution in [0.4, 0.5) is 14.5 Å². The van der Waals surface area contributed by atoms with Gasteiger partial charge in [-0.05, 0) is 18.5 Å². The third-order valence-electron chi connectivity index (χ3n) is 2.88. The number of nitrogens with two attached hydrogens (primary N) is 1. The Morgan fingerprint density at radius 2 is 2.19 bits per heavy atom. The molecule has 1 unspecified atom stereocenters. The molecule has 2 N–H and O–H groups in total. The minimum atomic E-state index is -1.33. The Bertz CT molecular complexity index is 675. The third-order valence-corrected chi connectivity index (χ3v) is 2.88. The lowest BCUT2D eigenvalue weighted by Crippen LogP contribution is -2.13. The van der Waals surface area contributed by atoms with Crippen LogP contribution in [0, 0.1) is 27.7 Å². The molecule has 112 valence electrons. The first-order valence-corrected chi connectivity index (χ1v) is 6.09. The normalized spacial score (nSPS) is 12.4. The molecule has 2 rings (SSSR count). The van der Waals surface area contributed by atoms with E-state index >= 15 is 0 Å². The van der Waals surface area contributed by atoms with Crippen molar-refractivity contribution in [3.63, 3.8) is 0 Å². The van der Waals surface area contributed by atoms with Crippen molar-refractivity contribution >= 4 is 5.69 Å². The van der Waals surface area contributed by atoms with Crippen LogP contribution in [0.3, 0.4) is 0 Å². The van der Waals surface area contributed by atoms with Crippen molar-refractivity contribution in [1.82, 2.24) is 10.1 Å². The Kier molecular flexibility index (Phi) is 4.22. The summed E-state index contributed by atoms with van der Waals surface area (Å²) in [4.78, 5) is 13.6. The van der Waals surface area contributed by atoms with Crippen LogP contribution in [-0.4, -0.2) is 21.6 Å². The Hall–Kier alpha value is -2.42. The highest BCUT2D eigenvalue weighted by molar-refractivity contribution is 5.61. The summed E-state index contributed by atoms with van der Waals surface area (Å²) in [5.41, 5.74) is 3.92. The molecule has 0 aliphatic rings. The highest BCUT2D eigenvalue weighted by atomic mass is 19.1. The predicted molar refractivity (Wildman–Crippen MR) is 68.2 cm³/mol. The Labute approximate surface area is 117 Å². The van der Waals surface area contributed by atoms with Gasteiger partial charge in [-0.15, -0.1) is 0 Å². The van der Waals surface area contributed by atoms with Crippen LogP contribution in [0.25, 0.3) is 11.4 Å². The van der Waals surface area contributed by atoms with Crippen LogP contribution >= 0.6 is 0 Å². The molecule has 1 atom stereocenters. The largest absolute Gasteiger partial charge is 0.339 e. The summed E-state index contributed by atoms with van der Waals surface area (Å²) in [6.45, 7) is 2.23. The van der Waals surface area contributed by atoms with Crippen molar-refractivity contribution in [3.05, 3.63) is 39.8 Å². The van der Waals surface area contributed by atoms with Gasteiger partial charge in [0.05, 0.1) is 4.92 Å². The molecule has 2 aromatic rings. The van der Waals surface area contributed by atoms with E-state index < -0.39 is 27.8 Å². The smallest absolute Gasteiger partial charge is 0.305 e. The number of hydrogen-bond donors (Lipinski definition) is 1. The van der Waals surface area contributed by atoms with Crippen LogP contribution in [0.2, 0.25) is 0 Å². The van der Waals surface area contributed by atoms with Gasteiger partial charge in [-0.2, -0.15) is 9.37 Å². The topological polar surface area (TPSA) is 108 Å². The summed E-state index contributed by atoms with van der Waals surface area (Å²) >= 11 is 0. The van der Waals surface area contributed by atoms with Crippen LogP contribution in [0.15, 0.2) is 16.7 Å². The molecule has 7 nitrogen and oxygen atoms in total.